The summed E-state index contributed by atoms with van der Waals surface area (Å²) < 4.78 is 5.40. The van der Waals surface area contributed by atoms with E-state index in [9.17, 15) is 4.79 Å². The third-order valence-corrected chi connectivity index (χ3v) is 5.09. The number of carbonyl (C=O) groups is 1. The molecule has 0 bridgehead atoms. The first-order valence-corrected chi connectivity index (χ1v) is 8.79. The standard InChI is InChI=1S/C17H27N5O2/c1-10(11-3-4-11)20-16-14(15(18)23)9-19-17(22-16)21-12-5-7-13(24-2)8-6-12/h9-13H,3-8H2,1-2H3,(H2,18,23)(H2,19,20,21,22)/t10-,12-,13-/m1/s1. The maximum absolute atomic E-state index is 11.6. The van der Waals surface area contributed by atoms with Crippen LogP contribution in [0.4, 0.5) is 11.8 Å². The topological polar surface area (TPSA) is 102 Å². The fourth-order valence-corrected chi connectivity index (χ4v) is 3.30. The molecule has 0 aliphatic heterocycles. The Labute approximate surface area is 142 Å². The molecular weight excluding hydrogens is 306 g/mol. The summed E-state index contributed by atoms with van der Waals surface area (Å²) in [5, 5.41) is 6.72. The van der Waals surface area contributed by atoms with Crippen molar-refractivity contribution in [3.05, 3.63) is 11.8 Å². The summed E-state index contributed by atoms with van der Waals surface area (Å²) in [4.78, 5) is 20.4. The van der Waals surface area contributed by atoms with E-state index in [2.05, 4.69) is 27.5 Å². The molecule has 7 nitrogen and oxygen atoms in total. The second-order valence-electron chi connectivity index (χ2n) is 6.94. The number of nitrogens with zero attached hydrogens (tertiary/aromatic N) is 2. The predicted molar refractivity (Wildman–Crippen MR) is 93.0 cm³/mol. The summed E-state index contributed by atoms with van der Waals surface area (Å²) in [6, 6.07) is 0.618. The summed E-state index contributed by atoms with van der Waals surface area (Å²) in [5.41, 5.74) is 5.80. The zero-order valence-corrected chi connectivity index (χ0v) is 14.4. The number of methoxy groups -OCH3 is 1. The van der Waals surface area contributed by atoms with Crippen molar-refractivity contribution in [2.24, 2.45) is 11.7 Å². The van der Waals surface area contributed by atoms with Crippen LogP contribution in [-0.2, 0) is 4.74 Å². The van der Waals surface area contributed by atoms with Gasteiger partial charge in [0.15, 0.2) is 0 Å². The summed E-state index contributed by atoms with van der Waals surface area (Å²) in [7, 11) is 1.77. The summed E-state index contributed by atoms with van der Waals surface area (Å²) in [6.07, 6.45) is 8.45. The van der Waals surface area contributed by atoms with Gasteiger partial charge < -0.3 is 21.1 Å². The number of aromatic nitrogens is 2. The molecule has 0 unspecified atom stereocenters. The van der Waals surface area contributed by atoms with Gasteiger partial charge in [-0.2, -0.15) is 4.98 Å². The highest BCUT2D eigenvalue weighted by molar-refractivity contribution is 5.97. The maximum atomic E-state index is 11.6. The van der Waals surface area contributed by atoms with Crippen molar-refractivity contribution in [1.82, 2.24) is 9.97 Å². The Hall–Kier alpha value is -1.89. The molecule has 2 fully saturated rings. The van der Waals surface area contributed by atoms with Gasteiger partial charge in [-0.05, 0) is 51.4 Å². The Morgan fingerprint density at radius 1 is 1.29 bits per heavy atom. The summed E-state index contributed by atoms with van der Waals surface area (Å²) in [5.74, 6) is 1.23. The maximum Gasteiger partial charge on any atom is 0.254 e. The Balaban J connectivity index is 1.68. The third-order valence-electron chi connectivity index (χ3n) is 5.09. The van der Waals surface area contributed by atoms with Crippen LogP contribution in [-0.4, -0.2) is 41.2 Å². The van der Waals surface area contributed by atoms with Crippen molar-refractivity contribution in [2.45, 2.75) is 63.6 Å². The van der Waals surface area contributed by atoms with Crippen LogP contribution in [0.2, 0.25) is 0 Å². The van der Waals surface area contributed by atoms with Gasteiger partial charge in [-0.1, -0.05) is 0 Å². The summed E-state index contributed by atoms with van der Waals surface area (Å²) >= 11 is 0. The third kappa shape index (κ3) is 4.14. The lowest BCUT2D eigenvalue weighted by molar-refractivity contribution is 0.0681. The molecule has 2 aliphatic rings. The van der Waals surface area contributed by atoms with E-state index >= 15 is 0 Å². The first-order valence-electron chi connectivity index (χ1n) is 8.79. The van der Waals surface area contributed by atoms with Crippen molar-refractivity contribution in [3.63, 3.8) is 0 Å². The average Bonchev–Trinajstić information content (AvgIpc) is 3.40. The fraction of sp³-hybridized carbons (Fsp3) is 0.706. The molecule has 3 rings (SSSR count). The van der Waals surface area contributed by atoms with Gasteiger partial charge in [0, 0.05) is 25.4 Å². The van der Waals surface area contributed by atoms with Crippen LogP contribution in [0.5, 0.6) is 0 Å². The Morgan fingerprint density at radius 3 is 2.58 bits per heavy atom. The molecule has 0 spiro atoms. The molecule has 1 aromatic rings. The quantitative estimate of drug-likeness (QED) is 0.706. The molecule has 0 radical (unpaired) electrons. The molecule has 1 heterocycles. The van der Waals surface area contributed by atoms with Crippen LogP contribution in [0.3, 0.4) is 0 Å². The Bertz CT molecular complexity index is 582. The van der Waals surface area contributed by atoms with Crippen molar-refractivity contribution in [3.8, 4) is 0 Å². The molecule has 1 atom stereocenters. The van der Waals surface area contributed by atoms with E-state index in [1.807, 2.05) is 0 Å². The number of primary amides is 1. The smallest absolute Gasteiger partial charge is 0.254 e. The van der Waals surface area contributed by atoms with Gasteiger partial charge in [-0.3, -0.25) is 4.79 Å². The number of rotatable bonds is 7. The molecule has 2 aliphatic carbocycles. The van der Waals surface area contributed by atoms with E-state index in [4.69, 9.17) is 10.5 Å². The second-order valence-corrected chi connectivity index (χ2v) is 6.94. The molecule has 0 saturated heterocycles. The lowest BCUT2D eigenvalue weighted by Crippen LogP contribution is -2.30. The number of ether oxygens (including phenoxy) is 1. The zero-order chi connectivity index (χ0) is 17.1. The number of hydrogen-bond acceptors (Lipinski definition) is 6. The van der Waals surface area contributed by atoms with Crippen LogP contribution in [0.15, 0.2) is 6.20 Å². The fourth-order valence-electron chi connectivity index (χ4n) is 3.30. The largest absolute Gasteiger partial charge is 0.381 e. The van der Waals surface area contributed by atoms with Crippen molar-refractivity contribution < 1.29 is 9.53 Å². The van der Waals surface area contributed by atoms with Crippen LogP contribution < -0.4 is 16.4 Å². The molecule has 24 heavy (non-hydrogen) atoms. The van der Waals surface area contributed by atoms with Gasteiger partial charge >= 0.3 is 0 Å². The van der Waals surface area contributed by atoms with E-state index < -0.39 is 5.91 Å². The van der Waals surface area contributed by atoms with Crippen LogP contribution >= 0.6 is 0 Å². The van der Waals surface area contributed by atoms with Crippen LogP contribution in [0, 0.1) is 5.92 Å². The highest BCUT2D eigenvalue weighted by atomic mass is 16.5. The molecule has 0 aromatic carbocycles. The van der Waals surface area contributed by atoms with E-state index in [0.29, 0.717) is 35.4 Å². The minimum atomic E-state index is -0.507. The first kappa shape index (κ1) is 17.0. The minimum absolute atomic E-state index is 0.281. The number of carbonyl (C=O) groups excluding carboxylic acids is 1. The lowest BCUT2D eigenvalue weighted by Gasteiger charge is -2.28. The van der Waals surface area contributed by atoms with Crippen molar-refractivity contribution >= 4 is 17.7 Å². The predicted octanol–water partition coefficient (Wildman–Crippen LogP) is 2.16. The van der Waals surface area contributed by atoms with E-state index in [1.54, 1.807) is 7.11 Å². The van der Waals surface area contributed by atoms with E-state index in [1.165, 1.54) is 19.0 Å². The lowest BCUT2D eigenvalue weighted by atomic mass is 9.93. The normalized spacial score (nSPS) is 25.1. The molecule has 1 amide bonds. The number of nitrogens with one attached hydrogen (secondary N) is 2. The van der Waals surface area contributed by atoms with Gasteiger partial charge in [0.1, 0.15) is 5.82 Å². The molecule has 132 valence electrons. The number of amides is 1. The van der Waals surface area contributed by atoms with Gasteiger partial charge in [0.25, 0.3) is 5.91 Å². The van der Waals surface area contributed by atoms with Gasteiger partial charge in [-0.25, -0.2) is 4.98 Å². The molecular formula is C17H27N5O2. The molecule has 2 saturated carbocycles. The van der Waals surface area contributed by atoms with Crippen LogP contribution in [0.1, 0.15) is 55.8 Å². The number of hydrogen-bond donors (Lipinski definition) is 3. The first-order chi connectivity index (χ1) is 11.6. The molecule has 4 N–H and O–H groups in total. The highest BCUT2D eigenvalue weighted by Crippen LogP contribution is 2.34. The number of nitrogens with two attached hydrogens (primary N) is 1. The van der Waals surface area contributed by atoms with Crippen LogP contribution in [0.25, 0.3) is 0 Å². The summed E-state index contributed by atoms with van der Waals surface area (Å²) in [6.45, 7) is 2.11. The van der Waals surface area contributed by atoms with E-state index in [-0.39, 0.29) is 6.04 Å². The zero-order valence-electron chi connectivity index (χ0n) is 14.4. The van der Waals surface area contributed by atoms with Gasteiger partial charge in [0.2, 0.25) is 5.95 Å². The van der Waals surface area contributed by atoms with Crippen molar-refractivity contribution in [2.75, 3.05) is 17.7 Å². The average molecular weight is 333 g/mol. The molecule has 1 aromatic heterocycles. The minimum Gasteiger partial charge on any atom is -0.381 e. The van der Waals surface area contributed by atoms with Gasteiger partial charge in [0.05, 0.1) is 11.7 Å². The molecule has 7 heteroatoms. The van der Waals surface area contributed by atoms with E-state index in [0.717, 1.165) is 25.7 Å². The SMILES string of the molecule is CO[C@H]1CC[C@H](Nc2ncc(C(N)=O)c(N[C@H](C)C3CC3)n2)CC1. The van der Waals surface area contributed by atoms with Crippen molar-refractivity contribution in [1.29, 1.82) is 0 Å². The highest BCUT2D eigenvalue weighted by Gasteiger charge is 2.29. The number of anilines is 2. The Kier molecular flexibility index (Phi) is 5.18. The monoisotopic (exact) mass is 333 g/mol. The Morgan fingerprint density at radius 2 is 2.00 bits per heavy atom. The second kappa shape index (κ2) is 7.34. The van der Waals surface area contributed by atoms with Gasteiger partial charge in [-0.15, -0.1) is 0 Å².